The molecule has 0 spiro atoms. The van der Waals surface area contributed by atoms with Gasteiger partial charge in [-0.05, 0) is 18.4 Å². The molecule has 6 heteroatoms. The van der Waals surface area contributed by atoms with Gasteiger partial charge in [0.15, 0.2) is 0 Å². The molecule has 0 radical (unpaired) electrons. The van der Waals surface area contributed by atoms with Crippen molar-refractivity contribution < 1.29 is 14.3 Å². The van der Waals surface area contributed by atoms with Gasteiger partial charge >= 0.3 is 6.09 Å². The van der Waals surface area contributed by atoms with E-state index in [0.29, 0.717) is 39.3 Å². The summed E-state index contributed by atoms with van der Waals surface area (Å²) in [5.74, 6) is -0.0408. The zero-order valence-electron chi connectivity index (χ0n) is 14.4. The van der Waals surface area contributed by atoms with Crippen LogP contribution in [0.5, 0.6) is 0 Å². The molecule has 1 saturated heterocycles. The number of carbonyl (C=O) groups excluding carboxylic acids is 2. The van der Waals surface area contributed by atoms with Gasteiger partial charge in [0, 0.05) is 37.3 Å². The fraction of sp³-hybridized carbons (Fsp3) is 0.368. The molecule has 0 bridgehead atoms. The molecule has 1 aliphatic rings. The fourth-order valence-corrected chi connectivity index (χ4v) is 3.03. The van der Waals surface area contributed by atoms with Gasteiger partial charge in [-0.25, -0.2) is 4.79 Å². The number of benzene rings is 2. The molecule has 132 valence electrons. The number of amides is 2. The van der Waals surface area contributed by atoms with Crippen LogP contribution in [0, 0.1) is 0 Å². The van der Waals surface area contributed by atoms with Crippen LogP contribution in [-0.4, -0.2) is 61.1 Å². The summed E-state index contributed by atoms with van der Waals surface area (Å²) in [6, 6.07) is 13.9. The summed E-state index contributed by atoms with van der Waals surface area (Å²) in [7, 11) is 0. The van der Waals surface area contributed by atoms with Crippen LogP contribution in [-0.2, 0) is 9.53 Å². The quantitative estimate of drug-likeness (QED) is 0.928. The number of hydrogen-bond acceptors (Lipinski definition) is 4. The third-order valence-electron chi connectivity index (χ3n) is 4.33. The Bertz CT molecular complexity index is 749. The molecule has 6 nitrogen and oxygen atoms in total. The highest BCUT2D eigenvalue weighted by molar-refractivity contribution is 6.02. The first-order chi connectivity index (χ1) is 12.2. The second kappa shape index (κ2) is 7.98. The molecule has 0 atom stereocenters. The molecule has 3 rings (SSSR count). The van der Waals surface area contributed by atoms with Crippen molar-refractivity contribution >= 4 is 28.5 Å². The number of ether oxygens (including phenoxy) is 1. The van der Waals surface area contributed by atoms with Gasteiger partial charge in [-0.1, -0.05) is 36.4 Å². The standard InChI is InChI=1S/C19H23N3O3/c1-2-25-19(24)22-12-10-21(11-13-22)14-18(23)20-17-9-5-7-15-6-3-4-8-16(15)17/h3-9H,2,10-14H2,1H3,(H,20,23). The average molecular weight is 341 g/mol. The van der Waals surface area contributed by atoms with Crippen molar-refractivity contribution in [3.63, 3.8) is 0 Å². The average Bonchev–Trinajstić information content (AvgIpc) is 2.63. The summed E-state index contributed by atoms with van der Waals surface area (Å²) in [5.41, 5.74) is 0.827. The number of hydrogen-bond donors (Lipinski definition) is 1. The van der Waals surface area contributed by atoms with Crippen molar-refractivity contribution in [2.24, 2.45) is 0 Å². The Morgan fingerprint density at radius 1 is 1.04 bits per heavy atom. The molecule has 2 aromatic rings. The van der Waals surface area contributed by atoms with E-state index in [0.717, 1.165) is 16.5 Å². The SMILES string of the molecule is CCOC(=O)N1CCN(CC(=O)Nc2cccc3ccccc23)CC1. The maximum atomic E-state index is 12.4. The Kier molecular flexibility index (Phi) is 5.50. The molecule has 2 amide bonds. The van der Waals surface area contributed by atoms with E-state index in [1.165, 1.54) is 0 Å². The summed E-state index contributed by atoms with van der Waals surface area (Å²) < 4.78 is 5.01. The lowest BCUT2D eigenvalue weighted by atomic mass is 10.1. The van der Waals surface area contributed by atoms with Crippen molar-refractivity contribution in [2.45, 2.75) is 6.92 Å². The molecule has 0 saturated carbocycles. The molecule has 0 aliphatic carbocycles. The van der Waals surface area contributed by atoms with E-state index >= 15 is 0 Å². The highest BCUT2D eigenvalue weighted by atomic mass is 16.6. The van der Waals surface area contributed by atoms with Gasteiger partial charge in [0.1, 0.15) is 0 Å². The van der Waals surface area contributed by atoms with Crippen molar-refractivity contribution in [3.05, 3.63) is 42.5 Å². The van der Waals surface area contributed by atoms with Crippen molar-refractivity contribution in [3.8, 4) is 0 Å². The van der Waals surface area contributed by atoms with E-state index in [1.807, 2.05) is 42.5 Å². The van der Waals surface area contributed by atoms with Gasteiger partial charge in [-0.3, -0.25) is 9.69 Å². The Hall–Kier alpha value is -2.60. The van der Waals surface area contributed by atoms with Gasteiger partial charge in [0.25, 0.3) is 0 Å². The molecular weight excluding hydrogens is 318 g/mol. The highest BCUT2D eigenvalue weighted by Gasteiger charge is 2.23. The second-order valence-electron chi connectivity index (χ2n) is 6.04. The lowest BCUT2D eigenvalue weighted by Gasteiger charge is -2.33. The Balaban J connectivity index is 1.54. The number of carbonyl (C=O) groups is 2. The maximum Gasteiger partial charge on any atom is 0.409 e. The van der Waals surface area contributed by atoms with Crippen molar-refractivity contribution in [1.82, 2.24) is 9.80 Å². The van der Waals surface area contributed by atoms with Gasteiger partial charge in [0.2, 0.25) is 5.91 Å². The fourth-order valence-electron chi connectivity index (χ4n) is 3.03. The predicted molar refractivity (Wildman–Crippen MR) is 97.6 cm³/mol. The number of nitrogens with one attached hydrogen (secondary N) is 1. The van der Waals surface area contributed by atoms with E-state index in [4.69, 9.17) is 4.74 Å². The number of rotatable bonds is 4. The lowest BCUT2D eigenvalue weighted by Crippen LogP contribution is -2.50. The van der Waals surface area contributed by atoms with Crippen LogP contribution in [0.4, 0.5) is 10.5 Å². The third kappa shape index (κ3) is 4.28. The summed E-state index contributed by atoms with van der Waals surface area (Å²) in [6.07, 6.45) is -0.276. The van der Waals surface area contributed by atoms with Crippen LogP contribution in [0.2, 0.25) is 0 Å². The van der Waals surface area contributed by atoms with Crippen LogP contribution < -0.4 is 5.32 Å². The molecule has 2 aromatic carbocycles. The van der Waals surface area contributed by atoms with E-state index in [-0.39, 0.29) is 12.0 Å². The monoisotopic (exact) mass is 341 g/mol. The Morgan fingerprint density at radius 3 is 2.52 bits per heavy atom. The Labute approximate surface area is 147 Å². The first-order valence-corrected chi connectivity index (χ1v) is 8.59. The smallest absolute Gasteiger partial charge is 0.409 e. The number of nitrogens with zero attached hydrogens (tertiary/aromatic N) is 2. The van der Waals surface area contributed by atoms with Crippen LogP contribution in [0.1, 0.15) is 6.92 Å². The second-order valence-corrected chi connectivity index (χ2v) is 6.04. The Morgan fingerprint density at radius 2 is 1.76 bits per heavy atom. The summed E-state index contributed by atoms with van der Waals surface area (Å²) >= 11 is 0. The number of anilines is 1. The summed E-state index contributed by atoms with van der Waals surface area (Å²) in [4.78, 5) is 27.8. The van der Waals surface area contributed by atoms with Gasteiger partial charge in [0.05, 0.1) is 13.2 Å². The van der Waals surface area contributed by atoms with Crippen LogP contribution >= 0.6 is 0 Å². The van der Waals surface area contributed by atoms with E-state index in [1.54, 1.807) is 11.8 Å². The first-order valence-electron chi connectivity index (χ1n) is 8.59. The molecule has 0 aromatic heterocycles. The lowest BCUT2D eigenvalue weighted by molar-refractivity contribution is -0.117. The van der Waals surface area contributed by atoms with Crippen LogP contribution in [0.3, 0.4) is 0 Å². The summed E-state index contributed by atoms with van der Waals surface area (Å²) in [5, 5.41) is 5.13. The van der Waals surface area contributed by atoms with E-state index in [2.05, 4.69) is 10.2 Å². The van der Waals surface area contributed by atoms with E-state index < -0.39 is 0 Å². The van der Waals surface area contributed by atoms with Gasteiger partial charge in [-0.2, -0.15) is 0 Å². The molecule has 1 aliphatic heterocycles. The maximum absolute atomic E-state index is 12.4. The predicted octanol–water partition coefficient (Wildman–Crippen LogP) is 2.55. The molecule has 25 heavy (non-hydrogen) atoms. The van der Waals surface area contributed by atoms with Crippen LogP contribution in [0.25, 0.3) is 10.8 Å². The normalized spacial score (nSPS) is 15.2. The molecule has 1 heterocycles. The van der Waals surface area contributed by atoms with Crippen molar-refractivity contribution in [2.75, 3.05) is 44.6 Å². The minimum atomic E-state index is -0.276. The topological polar surface area (TPSA) is 61.9 Å². The van der Waals surface area contributed by atoms with Gasteiger partial charge < -0.3 is 15.0 Å². The zero-order valence-corrected chi connectivity index (χ0v) is 14.4. The highest BCUT2D eigenvalue weighted by Crippen LogP contribution is 2.22. The minimum Gasteiger partial charge on any atom is -0.450 e. The molecular formula is C19H23N3O3. The van der Waals surface area contributed by atoms with E-state index in [9.17, 15) is 9.59 Å². The van der Waals surface area contributed by atoms with Crippen LogP contribution in [0.15, 0.2) is 42.5 Å². The van der Waals surface area contributed by atoms with Crippen molar-refractivity contribution in [1.29, 1.82) is 0 Å². The summed E-state index contributed by atoms with van der Waals surface area (Å²) in [6.45, 7) is 5.00. The molecule has 1 N–H and O–H groups in total. The molecule has 0 unspecified atom stereocenters. The largest absolute Gasteiger partial charge is 0.450 e. The number of fused-ring (bicyclic) bond motifs is 1. The third-order valence-corrected chi connectivity index (χ3v) is 4.33. The molecule has 1 fully saturated rings. The minimum absolute atomic E-state index is 0.0408. The first kappa shape index (κ1) is 17.2. The zero-order chi connectivity index (χ0) is 17.6. The number of piperazine rings is 1. The van der Waals surface area contributed by atoms with Gasteiger partial charge in [-0.15, -0.1) is 0 Å².